The van der Waals surface area contributed by atoms with Crippen LogP contribution in [-0.4, -0.2) is 54.0 Å². The van der Waals surface area contributed by atoms with Crippen LogP contribution in [0.15, 0.2) is 0 Å². The molecule has 2 rings (SSSR count). The highest BCUT2D eigenvalue weighted by molar-refractivity contribution is 5.87. The number of hydrogen-bond acceptors (Lipinski definition) is 3. The molecule has 1 saturated carbocycles. The minimum absolute atomic E-state index is 0. The second-order valence-electron chi connectivity index (χ2n) is 5.12. The molecule has 17 heavy (non-hydrogen) atoms. The fraction of sp³-hybridized carbons (Fsp3) is 0.909. The van der Waals surface area contributed by atoms with Gasteiger partial charge in [0.05, 0.1) is 5.54 Å². The molecule has 1 aliphatic carbocycles. The van der Waals surface area contributed by atoms with E-state index in [2.05, 4.69) is 18.9 Å². The van der Waals surface area contributed by atoms with E-state index in [9.17, 15) is 4.79 Å². The van der Waals surface area contributed by atoms with Crippen LogP contribution in [0.1, 0.15) is 26.2 Å². The highest BCUT2D eigenvalue weighted by Crippen LogP contribution is 2.31. The molecule has 2 fully saturated rings. The first-order valence-electron chi connectivity index (χ1n) is 5.81. The molecule has 0 radical (unpaired) electrons. The Hall–Kier alpha value is -0.0300. The van der Waals surface area contributed by atoms with E-state index in [4.69, 9.17) is 5.73 Å². The van der Waals surface area contributed by atoms with Crippen LogP contribution in [0, 0.1) is 0 Å². The van der Waals surface area contributed by atoms with Gasteiger partial charge >= 0.3 is 0 Å². The summed E-state index contributed by atoms with van der Waals surface area (Å²) in [6, 6.07) is 0.303. The summed E-state index contributed by atoms with van der Waals surface area (Å²) in [6.45, 7) is 4.86. The van der Waals surface area contributed by atoms with E-state index in [-0.39, 0.29) is 30.7 Å². The van der Waals surface area contributed by atoms with Gasteiger partial charge in [-0.25, -0.2) is 0 Å². The van der Waals surface area contributed by atoms with E-state index < -0.39 is 5.54 Å². The summed E-state index contributed by atoms with van der Waals surface area (Å²) in [6.07, 6.45) is 2.83. The standard InChI is InChI=1S/C11H21N3O.2ClH/c1-9-8-13(2)6-7-14(9)10(15)11(12)4-3-5-11;;/h9H,3-8,12H2,1-2H3;2*1H. The van der Waals surface area contributed by atoms with Crippen molar-refractivity contribution in [3.63, 3.8) is 0 Å². The van der Waals surface area contributed by atoms with Crippen molar-refractivity contribution in [1.29, 1.82) is 0 Å². The zero-order valence-corrected chi connectivity index (χ0v) is 12.1. The molecule has 6 heteroatoms. The smallest absolute Gasteiger partial charge is 0.242 e. The fourth-order valence-corrected chi connectivity index (χ4v) is 2.50. The number of rotatable bonds is 1. The summed E-state index contributed by atoms with van der Waals surface area (Å²) in [7, 11) is 2.10. The van der Waals surface area contributed by atoms with Crippen LogP contribution in [0.2, 0.25) is 0 Å². The molecule has 1 amide bonds. The molecule has 1 saturated heterocycles. The van der Waals surface area contributed by atoms with Crippen LogP contribution in [0.4, 0.5) is 0 Å². The Morgan fingerprint density at radius 1 is 1.29 bits per heavy atom. The first kappa shape index (κ1) is 17.0. The molecule has 0 aromatic carbocycles. The summed E-state index contributed by atoms with van der Waals surface area (Å²) in [5.74, 6) is 0.175. The van der Waals surface area contributed by atoms with Crippen molar-refractivity contribution in [3.8, 4) is 0 Å². The Labute approximate surface area is 116 Å². The quantitative estimate of drug-likeness (QED) is 0.777. The van der Waals surface area contributed by atoms with Crippen LogP contribution in [0.25, 0.3) is 0 Å². The Morgan fingerprint density at radius 2 is 1.88 bits per heavy atom. The van der Waals surface area contributed by atoms with Gasteiger partial charge in [-0.15, -0.1) is 24.8 Å². The van der Waals surface area contributed by atoms with Crippen molar-refractivity contribution in [2.45, 2.75) is 37.8 Å². The monoisotopic (exact) mass is 283 g/mol. The summed E-state index contributed by atoms with van der Waals surface area (Å²) < 4.78 is 0. The number of nitrogens with two attached hydrogens (primary N) is 1. The van der Waals surface area contributed by atoms with Gasteiger partial charge in [0.15, 0.2) is 0 Å². The zero-order valence-electron chi connectivity index (χ0n) is 10.5. The van der Waals surface area contributed by atoms with Gasteiger partial charge in [-0.3, -0.25) is 4.79 Å². The molecule has 2 aliphatic rings. The van der Waals surface area contributed by atoms with Crippen LogP contribution >= 0.6 is 24.8 Å². The number of likely N-dealkylation sites (N-methyl/N-ethyl adjacent to an activating group) is 1. The molecular weight excluding hydrogens is 261 g/mol. The minimum Gasteiger partial charge on any atom is -0.336 e. The molecule has 1 unspecified atom stereocenters. The maximum absolute atomic E-state index is 12.2. The molecule has 4 nitrogen and oxygen atoms in total. The van der Waals surface area contributed by atoms with Crippen LogP contribution in [-0.2, 0) is 4.79 Å². The first-order chi connectivity index (χ1) is 7.03. The Kier molecular flexibility index (Phi) is 6.22. The lowest BCUT2D eigenvalue weighted by Crippen LogP contribution is -2.64. The molecule has 0 spiro atoms. The molecular formula is C11H23Cl2N3O. The first-order valence-corrected chi connectivity index (χ1v) is 5.81. The Bertz CT molecular complexity index is 271. The SMILES string of the molecule is CC1CN(C)CCN1C(=O)C1(N)CCC1.Cl.Cl. The number of piperazine rings is 1. The van der Waals surface area contributed by atoms with Crippen molar-refractivity contribution < 1.29 is 4.79 Å². The van der Waals surface area contributed by atoms with Gasteiger partial charge in [0.25, 0.3) is 0 Å². The van der Waals surface area contributed by atoms with Gasteiger partial charge < -0.3 is 15.5 Å². The molecule has 0 aromatic rings. The summed E-state index contributed by atoms with van der Waals surface area (Å²) in [4.78, 5) is 16.4. The summed E-state index contributed by atoms with van der Waals surface area (Å²) in [5, 5.41) is 0. The average molecular weight is 284 g/mol. The molecule has 0 aromatic heterocycles. The third-order valence-corrected chi connectivity index (χ3v) is 3.76. The predicted molar refractivity (Wildman–Crippen MR) is 73.9 cm³/mol. The number of carbonyl (C=O) groups is 1. The number of halogens is 2. The maximum Gasteiger partial charge on any atom is 0.242 e. The lowest BCUT2D eigenvalue weighted by atomic mass is 9.76. The normalized spacial score (nSPS) is 27.5. The lowest BCUT2D eigenvalue weighted by molar-refractivity contribution is -0.144. The third-order valence-electron chi connectivity index (χ3n) is 3.76. The Morgan fingerprint density at radius 3 is 2.29 bits per heavy atom. The molecule has 2 N–H and O–H groups in total. The van der Waals surface area contributed by atoms with Gasteiger partial charge in [0, 0.05) is 25.7 Å². The lowest BCUT2D eigenvalue weighted by Gasteiger charge is -2.45. The number of nitrogens with zero attached hydrogens (tertiary/aromatic N) is 2. The number of hydrogen-bond donors (Lipinski definition) is 1. The topological polar surface area (TPSA) is 49.6 Å². The van der Waals surface area contributed by atoms with Gasteiger partial charge in [-0.05, 0) is 33.2 Å². The second kappa shape index (κ2) is 6.23. The second-order valence-corrected chi connectivity index (χ2v) is 5.12. The third kappa shape index (κ3) is 3.25. The maximum atomic E-state index is 12.2. The van der Waals surface area contributed by atoms with E-state index in [1.54, 1.807) is 0 Å². The summed E-state index contributed by atoms with van der Waals surface area (Å²) in [5.41, 5.74) is 5.55. The highest BCUT2D eigenvalue weighted by atomic mass is 35.5. The van der Waals surface area contributed by atoms with Crippen molar-refractivity contribution in [1.82, 2.24) is 9.80 Å². The van der Waals surface area contributed by atoms with Gasteiger partial charge in [0.2, 0.25) is 5.91 Å². The number of amides is 1. The van der Waals surface area contributed by atoms with E-state index >= 15 is 0 Å². The van der Waals surface area contributed by atoms with Crippen LogP contribution < -0.4 is 5.73 Å². The summed E-state index contributed by atoms with van der Waals surface area (Å²) >= 11 is 0. The van der Waals surface area contributed by atoms with E-state index in [0.29, 0.717) is 6.04 Å². The van der Waals surface area contributed by atoms with Crippen LogP contribution in [0.3, 0.4) is 0 Å². The average Bonchev–Trinajstić information content (AvgIpc) is 2.13. The zero-order chi connectivity index (χ0) is 11.1. The van der Waals surface area contributed by atoms with Crippen molar-refractivity contribution in [2.24, 2.45) is 5.73 Å². The molecule has 1 atom stereocenters. The largest absolute Gasteiger partial charge is 0.336 e. The van der Waals surface area contributed by atoms with Gasteiger partial charge in [-0.1, -0.05) is 0 Å². The molecule has 0 bridgehead atoms. The van der Waals surface area contributed by atoms with Crippen molar-refractivity contribution >= 4 is 30.7 Å². The van der Waals surface area contributed by atoms with Crippen molar-refractivity contribution in [3.05, 3.63) is 0 Å². The number of carbonyl (C=O) groups excluding carboxylic acids is 1. The van der Waals surface area contributed by atoms with Gasteiger partial charge in [-0.2, -0.15) is 0 Å². The van der Waals surface area contributed by atoms with E-state index in [1.165, 1.54) is 0 Å². The van der Waals surface area contributed by atoms with E-state index in [1.807, 2.05) is 4.90 Å². The van der Waals surface area contributed by atoms with Crippen molar-refractivity contribution in [2.75, 3.05) is 26.7 Å². The highest BCUT2D eigenvalue weighted by Gasteiger charge is 2.44. The van der Waals surface area contributed by atoms with Gasteiger partial charge in [0.1, 0.15) is 0 Å². The van der Waals surface area contributed by atoms with Crippen LogP contribution in [0.5, 0.6) is 0 Å². The minimum atomic E-state index is -0.524. The fourth-order valence-electron chi connectivity index (χ4n) is 2.50. The molecule has 102 valence electrons. The molecule has 1 aliphatic heterocycles. The Balaban J connectivity index is 0.00000128. The predicted octanol–water partition coefficient (Wildman–Crippen LogP) is 0.874. The van der Waals surface area contributed by atoms with E-state index in [0.717, 1.165) is 38.9 Å². The molecule has 1 heterocycles.